The Balaban J connectivity index is 0.000000353. The minimum atomic E-state index is -1.82. The highest BCUT2D eigenvalue weighted by molar-refractivity contribution is 6.27. The van der Waals surface area contributed by atoms with E-state index in [-0.39, 0.29) is 0 Å². The molecule has 0 radical (unpaired) electrons. The van der Waals surface area contributed by atoms with Gasteiger partial charge in [-0.1, -0.05) is 30.3 Å². The molecule has 4 rings (SSSR count). The molecule has 0 amide bonds. The number of piperidine rings is 1. The number of aliphatic carboxylic acids is 2. The van der Waals surface area contributed by atoms with E-state index in [0.717, 1.165) is 19.1 Å². The van der Waals surface area contributed by atoms with Crippen LogP contribution in [0.1, 0.15) is 29.5 Å². The summed E-state index contributed by atoms with van der Waals surface area (Å²) in [5.41, 5.74) is 4.42. The van der Waals surface area contributed by atoms with Gasteiger partial charge in [-0.15, -0.1) is 0 Å². The van der Waals surface area contributed by atoms with E-state index in [0.29, 0.717) is 0 Å². The lowest BCUT2D eigenvalue weighted by atomic mass is 9.95. The number of hydrogen-bond donors (Lipinski definition) is 2. The van der Waals surface area contributed by atoms with Gasteiger partial charge in [0.25, 0.3) is 0 Å². The first-order valence-corrected chi connectivity index (χ1v) is 9.91. The van der Waals surface area contributed by atoms with Crippen molar-refractivity contribution in [2.24, 2.45) is 0 Å². The highest BCUT2D eigenvalue weighted by Gasteiger charge is 2.27. The van der Waals surface area contributed by atoms with Crippen LogP contribution in [0, 0.1) is 0 Å². The van der Waals surface area contributed by atoms with Crippen LogP contribution >= 0.6 is 0 Å². The van der Waals surface area contributed by atoms with Crippen LogP contribution in [-0.2, 0) is 29.1 Å². The number of aromatic nitrogens is 1. The van der Waals surface area contributed by atoms with Crippen LogP contribution in [0.4, 0.5) is 0 Å². The number of benzene rings is 1. The molecule has 3 heterocycles. The standard InChI is InChI=1S/C20H25N3.C2H2O4/c1-2-6-19-16-23(13-7-18(19)5-1)20-8-11-22(12-9-20)15-17-4-3-10-21-14-17;3-1(4)2(5)6/h1-6,10,14,20H,7-9,11-13,15-16H2;(H,3,4)(H,5,6). The summed E-state index contributed by atoms with van der Waals surface area (Å²) >= 11 is 0. The van der Waals surface area contributed by atoms with E-state index in [1.807, 2.05) is 18.5 Å². The summed E-state index contributed by atoms with van der Waals surface area (Å²) in [5, 5.41) is 14.8. The average Bonchev–Trinajstić information content (AvgIpc) is 2.75. The molecule has 2 aliphatic heterocycles. The smallest absolute Gasteiger partial charge is 0.414 e. The molecule has 7 nitrogen and oxygen atoms in total. The highest BCUT2D eigenvalue weighted by atomic mass is 16.4. The predicted octanol–water partition coefficient (Wildman–Crippen LogP) is 2.26. The minimum absolute atomic E-state index is 0.758. The van der Waals surface area contributed by atoms with Gasteiger partial charge < -0.3 is 10.2 Å². The molecule has 2 aromatic rings. The Bertz CT molecular complexity index is 808. The number of rotatable bonds is 3. The van der Waals surface area contributed by atoms with Gasteiger partial charge in [-0.25, -0.2) is 9.59 Å². The van der Waals surface area contributed by atoms with E-state index in [9.17, 15) is 0 Å². The van der Waals surface area contributed by atoms with E-state index < -0.39 is 11.9 Å². The molecule has 1 aromatic heterocycles. The molecule has 1 saturated heterocycles. The lowest BCUT2D eigenvalue weighted by Crippen LogP contribution is -2.46. The number of fused-ring (bicyclic) bond motifs is 1. The van der Waals surface area contributed by atoms with Gasteiger partial charge in [0.15, 0.2) is 0 Å². The zero-order valence-electron chi connectivity index (χ0n) is 16.4. The van der Waals surface area contributed by atoms with Crippen molar-refractivity contribution in [2.45, 2.75) is 38.4 Å². The molecule has 7 heteroatoms. The summed E-state index contributed by atoms with van der Waals surface area (Å²) in [6.07, 6.45) is 7.65. The largest absolute Gasteiger partial charge is 0.473 e. The lowest BCUT2D eigenvalue weighted by molar-refractivity contribution is -0.159. The number of hydrogen-bond acceptors (Lipinski definition) is 5. The van der Waals surface area contributed by atoms with E-state index >= 15 is 0 Å². The fourth-order valence-electron chi connectivity index (χ4n) is 4.02. The van der Waals surface area contributed by atoms with Crippen molar-refractivity contribution in [3.8, 4) is 0 Å². The fraction of sp³-hybridized carbons (Fsp3) is 0.409. The van der Waals surface area contributed by atoms with Gasteiger partial charge in [-0.3, -0.25) is 14.8 Å². The molecular formula is C22H27N3O4. The highest BCUT2D eigenvalue weighted by Crippen LogP contribution is 2.25. The maximum atomic E-state index is 9.10. The third-order valence-electron chi connectivity index (χ3n) is 5.55. The van der Waals surface area contributed by atoms with Crippen LogP contribution in [0.2, 0.25) is 0 Å². The van der Waals surface area contributed by atoms with Crippen molar-refractivity contribution in [2.75, 3.05) is 19.6 Å². The zero-order chi connectivity index (χ0) is 20.6. The van der Waals surface area contributed by atoms with Crippen LogP contribution < -0.4 is 0 Å². The quantitative estimate of drug-likeness (QED) is 0.767. The third-order valence-corrected chi connectivity index (χ3v) is 5.55. The Kier molecular flexibility index (Phi) is 7.32. The number of pyridine rings is 1. The molecular weight excluding hydrogens is 370 g/mol. The SMILES string of the molecule is O=C(O)C(=O)O.c1cncc(CN2CCC(N3CCc4ccccc4C3)CC2)c1. The second-order valence-electron chi connectivity index (χ2n) is 7.47. The van der Waals surface area contributed by atoms with E-state index in [1.54, 1.807) is 5.56 Å². The Morgan fingerprint density at radius 1 is 0.966 bits per heavy atom. The normalized spacial score (nSPS) is 17.7. The maximum Gasteiger partial charge on any atom is 0.414 e. The van der Waals surface area contributed by atoms with Crippen molar-refractivity contribution in [3.63, 3.8) is 0 Å². The Hall–Kier alpha value is -2.77. The van der Waals surface area contributed by atoms with Crippen LogP contribution in [-0.4, -0.2) is 62.6 Å². The summed E-state index contributed by atoms with van der Waals surface area (Å²) in [6, 6.07) is 13.9. The van der Waals surface area contributed by atoms with Gasteiger partial charge in [0.05, 0.1) is 0 Å². The Morgan fingerprint density at radius 3 is 2.28 bits per heavy atom. The van der Waals surface area contributed by atoms with Gasteiger partial charge in [-0.2, -0.15) is 0 Å². The summed E-state index contributed by atoms with van der Waals surface area (Å²) < 4.78 is 0. The molecule has 0 unspecified atom stereocenters. The number of carbonyl (C=O) groups is 2. The molecule has 0 spiro atoms. The average molecular weight is 397 g/mol. The molecule has 0 saturated carbocycles. The second kappa shape index (κ2) is 10.1. The van der Waals surface area contributed by atoms with Crippen LogP contribution in [0.25, 0.3) is 0 Å². The molecule has 0 atom stereocenters. The first kappa shape index (κ1) is 21.0. The minimum Gasteiger partial charge on any atom is -0.473 e. The maximum absolute atomic E-state index is 9.10. The number of carboxylic acids is 2. The number of likely N-dealkylation sites (tertiary alicyclic amines) is 1. The molecule has 2 N–H and O–H groups in total. The molecule has 29 heavy (non-hydrogen) atoms. The molecule has 1 fully saturated rings. The van der Waals surface area contributed by atoms with Gasteiger partial charge in [0.2, 0.25) is 0 Å². The van der Waals surface area contributed by atoms with E-state index in [4.69, 9.17) is 19.8 Å². The van der Waals surface area contributed by atoms with Crippen molar-refractivity contribution in [1.82, 2.24) is 14.8 Å². The van der Waals surface area contributed by atoms with Gasteiger partial charge >= 0.3 is 11.9 Å². The van der Waals surface area contributed by atoms with Gasteiger partial charge in [0.1, 0.15) is 0 Å². The fourth-order valence-corrected chi connectivity index (χ4v) is 4.02. The van der Waals surface area contributed by atoms with Gasteiger partial charge in [-0.05, 0) is 55.1 Å². The number of nitrogens with zero attached hydrogens (tertiary/aromatic N) is 3. The molecule has 0 bridgehead atoms. The zero-order valence-corrected chi connectivity index (χ0v) is 16.4. The predicted molar refractivity (Wildman–Crippen MR) is 108 cm³/mol. The van der Waals surface area contributed by atoms with Crippen LogP contribution in [0.5, 0.6) is 0 Å². The summed E-state index contributed by atoms with van der Waals surface area (Å²) in [6.45, 7) is 5.83. The Labute approximate surface area is 170 Å². The molecule has 2 aliphatic rings. The van der Waals surface area contributed by atoms with E-state index in [1.165, 1.54) is 50.0 Å². The topological polar surface area (TPSA) is 94.0 Å². The van der Waals surface area contributed by atoms with Gasteiger partial charge in [0, 0.05) is 38.1 Å². The van der Waals surface area contributed by atoms with Crippen molar-refractivity contribution < 1.29 is 19.8 Å². The monoisotopic (exact) mass is 397 g/mol. The summed E-state index contributed by atoms with van der Waals surface area (Å²) in [4.78, 5) is 27.7. The molecule has 1 aromatic carbocycles. The molecule has 0 aliphatic carbocycles. The summed E-state index contributed by atoms with van der Waals surface area (Å²) in [7, 11) is 0. The molecule has 154 valence electrons. The van der Waals surface area contributed by atoms with Crippen molar-refractivity contribution in [3.05, 3.63) is 65.5 Å². The first-order valence-electron chi connectivity index (χ1n) is 9.91. The number of carboxylic acid groups (broad SMARTS) is 2. The van der Waals surface area contributed by atoms with Crippen LogP contribution in [0.3, 0.4) is 0 Å². The summed E-state index contributed by atoms with van der Waals surface area (Å²) in [5.74, 6) is -3.65. The first-order chi connectivity index (χ1) is 14.0. The van der Waals surface area contributed by atoms with Crippen molar-refractivity contribution in [1.29, 1.82) is 0 Å². The van der Waals surface area contributed by atoms with Crippen LogP contribution in [0.15, 0.2) is 48.8 Å². The second-order valence-corrected chi connectivity index (χ2v) is 7.47. The third kappa shape index (κ3) is 6.10. The van der Waals surface area contributed by atoms with Crippen molar-refractivity contribution >= 4 is 11.9 Å². The van der Waals surface area contributed by atoms with E-state index in [2.05, 4.69) is 45.1 Å². The lowest BCUT2D eigenvalue weighted by Gasteiger charge is -2.40. The Morgan fingerprint density at radius 2 is 1.66 bits per heavy atom.